The van der Waals surface area contributed by atoms with Crippen LogP contribution in [-0.4, -0.2) is 42.7 Å². The molecule has 0 radical (unpaired) electrons. The third-order valence-electron chi connectivity index (χ3n) is 4.66. The van der Waals surface area contributed by atoms with Gasteiger partial charge in [-0.15, -0.1) is 0 Å². The Bertz CT molecular complexity index is 1150. The molecule has 0 unspecified atom stereocenters. The minimum absolute atomic E-state index is 0.211. The number of rotatable bonds is 7. The molecule has 3 rings (SSSR count). The van der Waals surface area contributed by atoms with Crippen LogP contribution in [0.25, 0.3) is 10.2 Å². The van der Waals surface area contributed by atoms with Gasteiger partial charge in [0.15, 0.2) is 4.80 Å². The molecule has 8 heteroatoms. The van der Waals surface area contributed by atoms with Crippen LogP contribution in [0.15, 0.2) is 41.4 Å². The Labute approximate surface area is 183 Å². The molecule has 0 fully saturated rings. The Hall–Kier alpha value is -2.58. The van der Waals surface area contributed by atoms with Crippen molar-refractivity contribution in [3.05, 3.63) is 57.9 Å². The van der Waals surface area contributed by atoms with E-state index in [0.29, 0.717) is 10.4 Å². The fraction of sp³-hybridized carbons (Fsp3) is 0.318. The van der Waals surface area contributed by atoms with Gasteiger partial charge in [0.25, 0.3) is 5.91 Å². The van der Waals surface area contributed by atoms with Crippen molar-refractivity contribution in [2.24, 2.45) is 4.99 Å². The minimum Gasteiger partial charge on any atom is -0.496 e. The van der Waals surface area contributed by atoms with Gasteiger partial charge >= 0.3 is 5.97 Å². The van der Waals surface area contributed by atoms with Crippen LogP contribution in [-0.2, 0) is 22.5 Å². The first-order valence-electron chi connectivity index (χ1n) is 9.38. The van der Waals surface area contributed by atoms with Gasteiger partial charge in [-0.1, -0.05) is 23.5 Å². The molecule has 0 aliphatic rings. The van der Waals surface area contributed by atoms with Crippen molar-refractivity contribution in [1.29, 1.82) is 0 Å². The summed E-state index contributed by atoms with van der Waals surface area (Å²) in [4.78, 5) is 29.6. The number of fused-ring (bicyclic) bond motifs is 1. The second kappa shape index (κ2) is 9.95. The zero-order chi connectivity index (χ0) is 21.7. The molecule has 30 heavy (non-hydrogen) atoms. The number of aryl methyl sites for hydroxylation is 2. The van der Waals surface area contributed by atoms with Gasteiger partial charge in [-0.05, 0) is 48.6 Å². The lowest BCUT2D eigenvalue weighted by atomic mass is 10.1. The number of benzene rings is 2. The van der Waals surface area contributed by atoms with E-state index in [4.69, 9.17) is 9.47 Å². The van der Waals surface area contributed by atoms with Crippen molar-refractivity contribution in [2.45, 2.75) is 19.9 Å². The molecule has 0 atom stereocenters. The number of aromatic nitrogens is 1. The quantitative estimate of drug-likeness (QED) is 0.518. The SMILES string of the molecule is COC(=O)c1ccc2c(c1)sc(=NC(=O)Cc1ccc(OC)c(C)c1)n2CCSC. The van der Waals surface area contributed by atoms with E-state index in [2.05, 4.69) is 4.99 Å². The smallest absolute Gasteiger partial charge is 0.337 e. The van der Waals surface area contributed by atoms with E-state index in [0.717, 1.165) is 39.4 Å². The Morgan fingerprint density at radius 1 is 1.17 bits per heavy atom. The molecule has 0 bridgehead atoms. The largest absolute Gasteiger partial charge is 0.496 e. The highest BCUT2D eigenvalue weighted by molar-refractivity contribution is 7.98. The van der Waals surface area contributed by atoms with Crippen molar-refractivity contribution in [3.63, 3.8) is 0 Å². The summed E-state index contributed by atoms with van der Waals surface area (Å²) in [5, 5.41) is 0. The molecule has 0 spiro atoms. The molecule has 158 valence electrons. The Kier molecular flexibility index (Phi) is 7.33. The van der Waals surface area contributed by atoms with Crippen LogP contribution in [0.4, 0.5) is 0 Å². The van der Waals surface area contributed by atoms with Crippen LogP contribution in [0.2, 0.25) is 0 Å². The van der Waals surface area contributed by atoms with E-state index in [-0.39, 0.29) is 18.3 Å². The summed E-state index contributed by atoms with van der Waals surface area (Å²) in [6.45, 7) is 2.68. The molecule has 3 aromatic rings. The van der Waals surface area contributed by atoms with Crippen LogP contribution in [0.1, 0.15) is 21.5 Å². The lowest BCUT2D eigenvalue weighted by Gasteiger charge is -2.06. The van der Waals surface area contributed by atoms with Crippen LogP contribution in [0.3, 0.4) is 0 Å². The average molecular weight is 445 g/mol. The maximum atomic E-state index is 12.7. The number of amides is 1. The molecule has 2 aromatic carbocycles. The number of nitrogens with zero attached hydrogens (tertiary/aromatic N) is 2. The first-order chi connectivity index (χ1) is 14.5. The second-order valence-electron chi connectivity index (χ2n) is 6.69. The summed E-state index contributed by atoms with van der Waals surface area (Å²) in [5.74, 6) is 1.09. The molecule has 0 saturated heterocycles. The number of esters is 1. The molecule has 6 nitrogen and oxygen atoms in total. The van der Waals surface area contributed by atoms with E-state index < -0.39 is 0 Å². The summed E-state index contributed by atoms with van der Waals surface area (Å²) >= 11 is 3.13. The monoisotopic (exact) mass is 444 g/mol. The number of methoxy groups -OCH3 is 2. The van der Waals surface area contributed by atoms with Crippen molar-refractivity contribution in [3.8, 4) is 5.75 Å². The van der Waals surface area contributed by atoms with Crippen molar-refractivity contribution in [2.75, 3.05) is 26.2 Å². The lowest BCUT2D eigenvalue weighted by molar-refractivity contribution is -0.117. The van der Waals surface area contributed by atoms with Gasteiger partial charge in [0.2, 0.25) is 0 Å². The summed E-state index contributed by atoms with van der Waals surface area (Å²) in [7, 11) is 2.99. The van der Waals surface area contributed by atoms with Crippen LogP contribution in [0.5, 0.6) is 5.75 Å². The molecule has 0 aliphatic heterocycles. The molecular formula is C22H24N2O4S2. The van der Waals surface area contributed by atoms with Crippen LogP contribution in [0, 0.1) is 6.92 Å². The Morgan fingerprint density at radius 2 is 1.97 bits per heavy atom. The summed E-state index contributed by atoms with van der Waals surface area (Å²) in [6, 6.07) is 11.1. The molecule has 1 amide bonds. The Balaban J connectivity index is 1.97. The first-order valence-corrected chi connectivity index (χ1v) is 11.6. The van der Waals surface area contributed by atoms with Gasteiger partial charge in [0, 0.05) is 12.3 Å². The van der Waals surface area contributed by atoms with Crippen LogP contribution >= 0.6 is 23.1 Å². The molecule has 1 heterocycles. The highest BCUT2D eigenvalue weighted by Crippen LogP contribution is 2.21. The normalized spacial score (nSPS) is 11.7. The fourth-order valence-electron chi connectivity index (χ4n) is 3.17. The number of carbonyl (C=O) groups is 2. The fourth-order valence-corrected chi connectivity index (χ4v) is 4.65. The third-order valence-corrected chi connectivity index (χ3v) is 6.29. The highest BCUT2D eigenvalue weighted by atomic mass is 32.2. The zero-order valence-electron chi connectivity index (χ0n) is 17.4. The molecular weight excluding hydrogens is 420 g/mol. The number of thioether (sulfide) groups is 1. The maximum absolute atomic E-state index is 12.7. The standard InChI is InChI=1S/C22H24N2O4S2/c1-14-11-15(5-8-18(14)27-2)12-20(25)23-22-24(9-10-29-4)17-7-6-16(21(26)28-3)13-19(17)30-22/h5-8,11,13H,9-10,12H2,1-4H3. The van der Waals surface area contributed by atoms with Gasteiger partial charge in [-0.2, -0.15) is 16.8 Å². The van der Waals surface area contributed by atoms with Crippen molar-refractivity contribution in [1.82, 2.24) is 4.57 Å². The van der Waals surface area contributed by atoms with Gasteiger partial charge in [0.1, 0.15) is 5.75 Å². The predicted octanol–water partition coefficient (Wildman–Crippen LogP) is 3.84. The molecule has 0 aliphatic carbocycles. The number of thiazole rings is 1. The van der Waals surface area contributed by atoms with Gasteiger partial charge < -0.3 is 14.0 Å². The van der Waals surface area contributed by atoms with Gasteiger partial charge in [-0.3, -0.25) is 4.79 Å². The number of hydrogen-bond acceptors (Lipinski definition) is 6. The number of ether oxygens (including phenoxy) is 2. The van der Waals surface area contributed by atoms with E-state index in [1.165, 1.54) is 18.4 Å². The van der Waals surface area contributed by atoms with E-state index in [1.807, 2.05) is 42.0 Å². The molecule has 0 N–H and O–H groups in total. The molecule has 0 saturated carbocycles. The minimum atomic E-state index is -0.384. The van der Waals surface area contributed by atoms with Crippen LogP contribution < -0.4 is 9.54 Å². The summed E-state index contributed by atoms with van der Waals surface area (Å²) < 4.78 is 13.0. The summed E-state index contributed by atoms with van der Waals surface area (Å²) in [6.07, 6.45) is 2.26. The highest BCUT2D eigenvalue weighted by Gasteiger charge is 2.12. The van der Waals surface area contributed by atoms with Gasteiger partial charge in [0.05, 0.1) is 36.4 Å². The van der Waals surface area contributed by atoms with E-state index >= 15 is 0 Å². The third kappa shape index (κ3) is 4.94. The molecule has 1 aromatic heterocycles. The second-order valence-corrected chi connectivity index (χ2v) is 8.68. The zero-order valence-corrected chi connectivity index (χ0v) is 19.1. The van der Waals surface area contributed by atoms with E-state index in [1.54, 1.807) is 31.0 Å². The maximum Gasteiger partial charge on any atom is 0.337 e. The average Bonchev–Trinajstić information content (AvgIpc) is 3.07. The van der Waals surface area contributed by atoms with Crippen molar-refractivity contribution >= 4 is 45.2 Å². The number of carbonyl (C=O) groups excluding carboxylic acids is 2. The first kappa shape index (κ1) is 22.1. The predicted molar refractivity (Wildman–Crippen MR) is 122 cm³/mol. The van der Waals surface area contributed by atoms with Crippen molar-refractivity contribution < 1.29 is 19.1 Å². The topological polar surface area (TPSA) is 69.9 Å². The summed E-state index contributed by atoms with van der Waals surface area (Å²) in [5.41, 5.74) is 3.31. The Morgan fingerprint density at radius 3 is 2.63 bits per heavy atom. The van der Waals surface area contributed by atoms with Gasteiger partial charge in [-0.25, -0.2) is 4.79 Å². The number of hydrogen-bond donors (Lipinski definition) is 0. The lowest BCUT2D eigenvalue weighted by Crippen LogP contribution is -2.18. The van der Waals surface area contributed by atoms with E-state index in [9.17, 15) is 9.59 Å².